The summed E-state index contributed by atoms with van der Waals surface area (Å²) < 4.78 is 5.72. The lowest BCUT2D eigenvalue weighted by Crippen LogP contribution is -2.13. The first-order valence-electron chi connectivity index (χ1n) is 7.39. The maximum atomic E-state index is 6.10. The van der Waals surface area contributed by atoms with E-state index in [2.05, 4.69) is 36.5 Å². The van der Waals surface area contributed by atoms with Crippen molar-refractivity contribution in [2.75, 3.05) is 6.54 Å². The topological polar surface area (TPSA) is 21.3 Å². The van der Waals surface area contributed by atoms with E-state index in [4.69, 9.17) is 16.3 Å². The molecule has 112 valence electrons. The summed E-state index contributed by atoms with van der Waals surface area (Å²) in [4.78, 5) is 0. The molecule has 0 aromatic heterocycles. The van der Waals surface area contributed by atoms with Crippen LogP contribution in [0.1, 0.15) is 30.0 Å². The molecule has 2 aromatic rings. The minimum Gasteiger partial charge on any atom is -0.372 e. The van der Waals surface area contributed by atoms with Crippen molar-refractivity contribution in [3.63, 3.8) is 0 Å². The quantitative estimate of drug-likeness (QED) is 0.722. The van der Waals surface area contributed by atoms with Gasteiger partial charge in [-0.05, 0) is 35.7 Å². The van der Waals surface area contributed by atoms with Crippen molar-refractivity contribution in [1.29, 1.82) is 0 Å². The SMILES string of the molecule is CCCNCc1ccc(COCc2ccccc2Cl)cc1. The van der Waals surface area contributed by atoms with Gasteiger partial charge in [0, 0.05) is 11.6 Å². The van der Waals surface area contributed by atoms with Crippen LogP contribution in [0.5, 0.6) is 0 Å². The highest BCUT2D eigenvalue weighted by atomic mass is 35.5. The molecule has 0 bridgehead atoms. The molecule has 0 spiro atoms. The van der Waals surface area contributed by atoms with Gasteiger partial charge < -0.3 is 10.1 Å². The highest BCUT2D eigenvalue weighted by Gasteiger charge is 2.00. The maximum Gasteiger partial charge on any atom is 0.0735 e. The summed E-state index contributed by atoms with van der Waals surface area (Å²) in [5.74, 6) is 0. The Balaban J connectivity index is 1.77. The first-order chi connectivity index (χ1) is 10.3. The van der Waals surface area contributed by atoms with Gasteiger partial charge in [0.05, 0.1) is 13.2 Å². The molecule has 0 heterocycles. The number of ether oxygens (including phenoxy) is 1. The highest BCUT2D eigenvalue weighted by Crippen LogP contribution is 2.16. The Morgan fingerprint density at radius 3 is 2.38 bits per heavy atom. The van der Waals surface area contributed by atoms with Crippen LogP contribution in [0.25, 0.3) is 0 Å². The van der Waals surface area contributed by atoms with E-state index in [1.165, 1.54) is 11.1 Å². The zero-order chi connectivity index (χ0) is 14.9. The molecule has 0 saturated carbocycles. The first kappa shape index (κ1) is 16.0. The van der Waals surface area contributed by atoms with Gasteiger partial charge in [-0.25, -0.2) is 0 Å². The molecule has 3 heteroatoms. The molecule has 0 aliphatic rings. The minimum atomic E-state index is 0.541. The molecular formula is C18H22ClNO. The van der Waals surface area contributed by atoms with Crippen molar-refractivity contribution < 1.29 is 4.74 Å². The zero-order valence-corrected chi connectivity index (χ0v) is 13.2. The molecule has 0 unspecified atom stereocenters. The van der Waals surface area contributed by atoms with Crippen molar-refractivity contribution in [3.8, 4) is 0 Å². The fraction of sp³-hybridized carbons (Fsp3) is 0.333. The zero-order valence-electron chi connectivity index (χ0n) is 12.4. The van der Waals surface area contributed by atoms with E-state index in [1.54, 1.807) is 0 Å². The second-order valence-electron chi connectivity index (χ2n) is 5.08. The van der Waals surface area contributed by atoms with Crippen LogP contribution >= 0.6 is 11.6 Å². The van der Waals surface area contributed by atoms with Crippen molar-refractivity contribution in [1.82, 2.24) is 5.32 Å². The molecule has 2 rings (SSSR count). The molecule has 0 atom stereocenters. The third kappa shape index (κ3) is 5.50. The van der Waals surface area contributed by atoms with Gasteiger partial charge in [0.15, 0.2) is 0 Å². The molecule has 2 aromatic carbocycles. The molecule has 0 aliphatic heterocycles. The van der Waals surface area contributed by atoms with E-state index < -0.39 is 0 Å². The smallest absolute Gasteiger partial charge is 0.0735 e. The third-order valence-corrected chi connectivity index (χ3v) is 3.63. The van der Waals surface area contributed by atoms with Crippen molar-refractivity contribution in [2.24, 2.45) is 0 Å². The van der Waals surface area contributed by atoms with E-state index in [-0.39, 0.29) is 0 Å². The van der Waals surface area contributed by atoms with Gasteiger partial charge in [-0.15, -0.1) is 0 Å². The number of halogens is 1. The Hall–Kier alpha value is -1.35. The van der Waals surface area contributed by atoms with Gasteiger partial charge in [0.25, 0.3) is 0 Å². The van der Waals surface area contributed by atoms with Crippen LogP contribution in [0.15, 0.2) is 48.5 Å². The van der Waals surface area contributed by atoms with Gasteiger partial charge in [-0.3, -0.25) is 0 Å². The standard InChI is InChI=1S/C18H22ClNO/c1-2-11-20-12-15-7-9-16(10-8-15)13-21-14-17-5-3-4-6-18(17)19/h3-10,20H,2,11-14H2,1H3. The van der Waals surface area contributed by atoms with E-state index in [9.17, 15) is 0 Å². The number of benzene rings is 2. The normalized spacial score (nSPS) is 10.8. The molecule has 2 nitrogen and oxygen atoms in total. The molecule has 0 aliphatic carbocycles. The minimum absolute atomic E-state index is 0.541. The van der Waals surface area contributed by atoms with Crippen LogP contribution in [0.2, 0.25) is 5.02 Å². The molecule has 0 radical (unpaired) electrons. The third-order valence-electron chi connectivity index (χ3n) is 3.26. The lowest BCUT2D eigenvalue weighted by Gasteiger charge is -2.08. The van der Waals surface area contributed by atoms with Gasteiger partial charge in [0.2, 0.25) is 0 Å². The Morgan fingerprint density at radius 2 is 1.67 bits per heavy atom. The lowest BCUT2D eigenvalue weighted by molar-refractivity contribution is 0.107. The summed E-state index contributed by atoms with van der Waals surface area (Å²) >= 11 is 6.10. The Morgan fingerprint density at radius 1 is 0.952 bits per heavy atom. The fourth-order valence-electron chi connectivity index (χ4n) is 2.06. The average molecular weight is 304 g/mol. The van der Waals surface area contributed by atoms with E-state index in [0.29, 0.717) is 13.2 Å². The van der Waals surface area contributed by atoms with Crippen LogP contribution in [-0.4, -0.2) is 6.54 Å². The average Bonchev–Trinajstić information content (AvgIpc) is 2.51. The van der Waals surface area contributed by atoms with Gasteiger partial charge in [-0.1, -0.05) is 61.0 Å². The monoisotopic (exact) mass is 303 g/mol. The number of nitrogens with one attached hydrogen (secondary N) is 1. The molecule has 1 N–H and O–H groups in total. The summed E-state index contributed by atoms with van der Waals surface area (Å²) in [6.07, 6.45) is 1.16. The maximum absolute atomic E-state index is 6.10. The Kier molecular flexibility index (Phi) is 6.74. The molecular weight excluding hydrogens is 282 g/mol. The van der Waals surface area contributed by atoms with E-state index in [1.807, 2.05) is 24.3 Å². The largest absolute Gasteiger partial charge is 0.372 e. The summed E-state index contributed by atoms with van der Waals surface area (Å²) in [5.41, 5.74) is 3.51. The molecule has 21 heavy (non-hydrogen) atoms. The first-order valence-corrected chi connectivity index (χ1v) is 7.77. The van der Waals surface area contributed by atoms with E-state index >= 15 is 0 Å². The van der Waals surface area contributed by atoms with Gasteiger partial charge >= 0.3 is 0 Å². The summed E-state index contributed by atoms with van der Waals surface area (Å²) in [6.45, 7) is 5.30. The van der Waals surface area contributed by atoms with Gasteiger partial charge in [0.1, 0.15) is 0 Å². The van der Waals surface area contributed by atoms with Crippen LogP contribution in [0.4, 0.5) is 0 Å². The van der Waals surface area contributed by atoms with Crippen LogP contribution in [0, 0.1) is 0 Å². The van der Waals surface area contributed by atoms with Crippen LogP contribution < -0.4 is 5.32 Å². The van der Waals surface area contributed by atoms with Crippen LogP contribution in [-0.2, 0) is 24.5 Å². The predicted octanol–water partition coefficient (Wildman–Crippen LogP) is 4.56. The highest BCUT2D eigenvalue weighted by molar-refractivity contribution is 6.31. The van der Waals surface area contributed by atoms with Crippen molar-refractivity contribution >= 4 is 11.6 Å². The van der Waals surface area contributed by atoms with Gasteiger partial charge in [-0.2, -0.15) is 0 Å². The van der Waals surface area contributed by atoms with E-state index in [0.717, 1.165) is 30.1 Å². The molecule has 0 amide bonds. The van der Waals surface area contributed by atoms with Crippen molar-refractivity contribution in [2.45, 2.75) is 33.1 Å². The molecule has 0 fully saturated rings. The number of hydrogen-bond donors (Lipinski definition) is 1. The Bertz CT molecular complexity index is 539. The molecule has 0 saturated heterocycles. The second-order valence-corrected chi connectivity index (χ2v) is 5.48. The fourth-order valence-corrected chi connectivity index (χ4v) is 2.25. The Labute approximate surface area is 132 Å². The summed E-state index contributed by atoms with van der Waals surface area (Å²) in [6, 6.07) is 16.3. The summed E-state index contributed by atoms with van der Waals surface area (Å²) in [5, 5.41) is 4.15. The second kappa shape index (κ2) is 8.83. The number of hydrogen-bond acceptors (Lipinski definition) is 2. The number of rotatable bonds is 8. The predicted molar refractivity (Wildman–Crippen MR) is 88.4 cm³/mol. The van der Waals surface area contributed by atoms with Crippen molar-refractivity contribution in [3.05, 3.63) is 70.2 Å². The van der Waals surface area contributed by atoms with Crippen LogP contribution in [0.3, 0.4) is 0 Å². The lowest BCUT2D eigenvalue weighted by atomic mass is 10.1. The summed E-state index contributed by atoms with van der Waals surface area (Å²) in [7, 11) is 0.